The van der Waals surface area contributed by atoms with Crippen LogP contribution in [0.4, 0.5) is 0 Å². The summed E-state index contributed by atoms with van der Waals surface area (Å²) < 4.78 is 5.22. The predicted octanol–water partition coefficient (Wildman–Crippen LogP) is 3.02. The minimum atomic E-state index is -0.0244. The van der Waals surface area contributed by atoms with Gasteiger partial charge in [-0.05, 0) is 31.2 Å². The highest BCUT2D eigenvalue weighted by molar-refractivity contribution is 5.80. The summed E-state index contributed by atoms with van der Waals surface area (Å²) in [5.74, 6) is 0.217. The van der Waals surface area contributed by atoms with Crippen molar-refractivity contribution in [2.75, 3.05) is 13.7 Å². The van der Waals surface area contributed by atoms with Crippen molar-refractivity contribution in [2.45, 2.75) is 76.5 Å². The van der Waals surface area contributed by atoms with E-state index in [0.717, 1.165) is 38.5 Å². The first-order valence-corrected chi connectivity index (χ1v) is 10.6. The summed E-state index contributed by atoms with van der Waals surface area (Å²) in [4.78, 5) is 30.3. The molecule has 3 aliphatic rings. The number of likely N-dealkylation sites (tertiary alicyclic amines) is 2. The van der Waals surface area contributed by atoms with Crippen molar-refractivity contribution in [3.05, 3.63) is 35.9 Å². The van der Waals surface area contributed by atoms with E-state index in [4.69, 9.17) is 4.74 Å². The van der Waals surface area contributed by atoms with Gasteiger partial charge in [-0.25, -0.2) is 0 Å². The highest BCUT2D eigenvalue weighted by Gasteiger charge is 2.63. The zero-order valence-electron chi connectivity index (χ0n) is 17.3. The van der Waals surface area contributed by atoms with E-state index >= 15 is 0 Å². The Morgan fingerprint density at radius 3 is 2.36 bits per heavy atom. The zero-order valence-corrected chi connectivity index (χ0v) is 17.3. The first kappa shape index (κ1) is 19.4. The van der Waals surface area contributed by atoms with E-state index in [1.54, 1.807) is 14.0 Å². The van der Waals surface area contributed by atoms with Gasteiger partial charge in [-0.2, -0.15) is 0 Å². The largest absolute Gasteiger partial charge is 0.375 e. The summed E-state index contributed by atoms with van der Waals surface area (Å²) in [6, 6.07) is 10.9. The number of ether oxygens (including phenoxy) is 1. The van der Waals surface area contributed by atoms with Crippen LogP contribution in [0.5, 0.6) is 0 Å². The molecular weight excluding hydrogens is 352 g/mol. The average Bonchev–Trinajstić information content (AvgIpc) is 2.82. The molecule has 3 fully saturated rings. The predicted molar refractivity (Wildman–Crippen MR) is 108 cm³/mol. The molecule has 5 nitrogen and oxygen atoms in total. The van der Waals surface area contributed by atoms with Gasteiger partial charge in [-0.1, -0.05) is 50.1 Å². The average molecular weight is 385 g/mol. The van der Waals surface area contributed by atoms with Gasteiger partial charge in [0.05, 0.1) is 12.1 Å². The van der Waals surface area contributed by atoms with Gasteiger partial charge in [0, 0.05) is 31.5 Å². The van der Waals surface area contributed by atoms with E-state index in [1.165, 1.54) is 5.56 Å². The van der Waals surface area contributed by atoms with Gasteiger partial charge < -0.3 is 14.5 Å². The molecular formula is C23H32N2O3. The van der Waals surface area contributed by atoms with Crippen LogP contribution in [0.1, 0.15) is 51.5 Å². The number of nitrogens with zero attached hydrogens (tertiary/aromatic N) is 2. The lowest BCUT2D eigenvalue weighted by Gasteiger charge is -2.50. The fraction of sp³-hybridized carbons (Fsp3) is 0.652. The van der Waals surface area contributed by atoms with Gasteiger partial charge in [0.25, 0.3) is 0 Å². The Hall–Kier alpha value is -1.88. The first-order valence-electron chi connectivity index (χ1n) is 10.6. The lowest BCUT2D eigenvalue weighted by Crippen LogP contribution is -2.61. The highest BCUT2D eigenvalue weighted by atomic mass is 16.5. The molecule has 5 heteroatoms. The highest BCUT2D eigenvalue weighted by Crippen LogP contribution is 2.55. The number of fused-ring (bicyclic) bond motifs is 1. The van der Waals surface area contributed by atoms with E-state index in [9.17, 15) is 9.59 Å². The lowest BCUT2D eigenvalue weighted by atomic mass is 9.69. The quantitative estimate of drug-likeness (QED) is 0.802. The minimum absolute atomic E-state index is 0.0244. The maximum atomic E-state index is 13.1. The summed E-state index contributed by atoms with van der Waals surface area (Å²) in [5, 5.41) is 0. The number of piperidine rings is 1. The van der Waals surface area contributed by atoms with Crippen LogP contribution in [0.15, 0.2) is 30.3 Å². The molecule has 0 N–H and O–H groups in total. The molecule has 152 valence electrons. The van der Waals surface area contributed by atoms with Crippen molar-refractivity contribution in [1.29, 1.82) is 0 Å². The molecule has 1 aliphatic carbocycles. The van der Waals surface area contributed by atoms with Crippen LogP contribution in [0, 0.1) is 5.41 Å². The van der Waals surface area contributed by atoms with E-state index in [1.807, 2.05) is 18.2 Å². The van der Waals surface area contributed by atoms with E-state index < -0.39 is 0 Å². The van der Waals surface area contributed by atoms with Crippen molar-refractivity contribution in [3.8, 4) is 0 Å². The Balaban J connectivity index is 1.78. The summed E-state index contributed by atoms with van der Waals surface area (Å²) in [5.41, 5.74) is 1.20. The lowest BCUT2D eigenvalue weighted by molar-refractivity contribution is -0.144. The number of methoxy groups -OCH3 is 1. The third kappa shape index (κ3) is 3.04. The molecule has 0 aromatic heterocycles. The Morgan fingerprint density at radius 2 is 1.75 bits per heavy atom. The number of hydrogen-bond acceptors (Lipinski definition) is 3. The zero-order chi connectivity index (χ0) is 19.9. The Morgan fingerprint density at radius 1 is 1.11 bits per heavy atom. The molecule has 1 saturated carbocycles. The number of carbonyl (C=O) groups excluding carboxylic acids is 2. The monoisotopic (exact) mass is 384 g/mol. The van der Waals surface area contributed by atoms with Gasteiger partial charge in [0.1, 0.15) is 6.61 Å². The number of carbonyl (C=O) groups is 2. The molecule has 4 rings (SSSR count). The fourth-order valence-electron chi connectivity index (χ4n) is 6.36. The first-order chi connectivity index (χ1) is 13.5. The summed E-state index contributed by atoms with van der Waals surface area (Å²) in [6.45, 7) is 4.13. The maximum Gasteiger partial charge on any atom is 0.249 e. The van der Waals surface area contributed by atoms with Crippen molar-refractivity contribution < 1.29 is 14.3 Å². The van der Waals surface area contributed by atoms with Crippen molar-refractivity contribution >= 4 is 11.8 Å². The van der Waals surface area contributed by atoms with Crippen LogP contribution < -0.4 is 0 Å². The summed E-state index contributed by atoms with van der Waals surface area (Å²) in [7, 11) is 1.58. The van der Waals surface area contributed by atoms with Gasteiger partial charge in [0.2, 0.25) is 11.8 Å². The van der Waals surface area contributed by atoms with Crippen LogP contribution in [0.25, 0.3) is 0 Å². The van der Waals surface area contributed by atoms with Crippen LogP contribution in [-0.2, 0) is 20.7 Å². The second-order valence-electron chi connectivity index (χ2n) is 9.01. The van der Waals surface area contributed by atoms with Crippen LogP contribution in [-0.4, -0.2) is 59.5 Å². The number of benzene rings is 1. The van der Waals surface area contributed by atoms with Crippen LogP contribution in [0.3, 0.4) is 0 Å². The second-order valence-corrected chi connectivity index (χ2v) is 9.01. The topological polar surface area (TPSA) is 49.9 Å². The van der Waals surface area contributed by atoms with Crippen molar-refractivity contribution in [1.82, 2.24) is 9.80 Å². The van der Waals surface area contributed by atoms with Crippen LogP contribution in [0.2, 0.25) is 0 Å². The molecule has 2 heterocycles. The minimum Gasteiger partial charge on any atom is -0.375 e. The third-order valence-electron chi connectivity index (χ3n) is 7.41. The molecule has 5 atom stereocenters. The molecule has 2 saturated heterocycles. The molecule has 0 spiro atoms. The normalized spacial score (nSPS) is 34.2. The van der Waals surface area contributed by atoms with Crippen molar-refractivity contribution in [3.63, 3.8) is 0 Å². The summed E-state index contributed by atoms with van der Waals surface area (Å²) in [6.07, 6.45) is 6.09. The van der Waals surface area contributed by atoms with Gasteiger partial charge in [0.15, 0.2) is 0 Å². The smallest absolute Gasteiger partial charge is 0.249 e. The van der Waals surface area contributed by atoms with E-state index in [0.29, 0.717) is 0 Å². The van der Waals surface area contributed by atoms with Gasteiger partial charge in [-0.3, -0.25) is 9.59 Å². The van der Waals surface area contributed by atoms with E-state index in [-0.39, 0.29) is 48.0 Å². The Bertz CT molecular complexity index is 737. The standard InChI is InChI=1S/C23H32N2O3/c1-16(26)24-18(13-17-9-5-4-6-10-17)19-14-23(2)20(24)11-7-8-12-21(23)25(19)22(27)15-28-3/h4-6,9-10,18-21H,7-8,11-15H2,1-3H3/t18-,19-,20+,21-,23+/m0/s1. The fourth-order valence-corrected chi connectivity index (χ4v) is 6.36. The molecule has 2 amide bonds. The molecule has 28 heavy (non-hydrogen) atoms. The Kier molecular flexibility index (Phi) is 5.21. The van der Waals surface area contributed by atoms with E-state index in [2.05, 4.69) is 28.9 Å². The number of rotatable bonds is 4. The molecule has 1 aromatic rings. The molecule has 0 radical (unpaired) electrons. The SMILES string of the molecule is COCC(=O)N1[C@H]2CCCC[C@H]3N(C(C)=O)[C@@H](Cc4ccccc4)[C@@H]1C[C@@]23C. The maximum absolute atomic E-state index is 13.1. The number of amides is 2. The van der Waals surface area contributed by atoms with Crippen molar-refractivity contribution in [2.24, 2.45) is 5.41 Å². The summed E-state index contributed by atoms with van der Waals surface area (Å²) >= 11 is 0. The molecule has 1 aromatic carbocycles. The van der Waals surface area contributed by atoms with Gasteiger partial charge >= 0.3 is 0 Å². The molecule has 0 unspecified atom stereocenters. The third-order valence-corrected chi connectivity index (χ3v) is 7.41. The van der Waals surface area contributed by atoms with Gasteiger partial charge in [-0.15, -0.1) is 0 Å². The van der Waals surface area contributed by atoms with Crippen LogP contribution >= 0.6 is 0 Å². The molecule has 2 bridgehead atoms. The second kappa shape index (κ2) is 7.51. The molecule has 2 aliphatic heterocycles. The number of hydrogen-bond donors (Lipinski definition) is 0. The Labute approximate surface area is 168 Å².